The Morgan fingerprint density at radius 1 is 0.935 bits per heavy atom. The predicted molar refractivity (Wildman–Crippen MR) is 127 cm³/mol. The highest BCUT2D eigenvalue weighted by Gasteiger charge is 2.14. The number of nitrogens with one attached hydrogen (secondary N) is 1. The Balaban J connectivity index is 1.55. The summed E-state index contributed by atoms with van der Waals surface area (Å²) in [5, 5.41) is 8.51. The van der Waals surface area contributed by atoms with Crippen LogP contribution in [0.5, 0.6) is 0 Å². The van der Waals surface area contributed by atoms with Crippen molar-refractivity contribution in [2.75, 3.05) is 5.32 Å². The summed E-state index contributed by atoms with van der Waals surface area (Å²) in [5.41, 5.74) is 3.22. The van der Waals surface area contributed by atoms with E-state index in [1.54, 1.807) is 29.1 Å². The van der Waals surface area contributed by atoms with Gasteiger partial charge in [0.2, 0.25) is 0 Å². The number of hydrogen-bond donors (Lipinski definition) is 1. The molecule has 0 bridgehead atoms. The third kappa shape index (κ3) is 5.43. The number of carbonyl (C=O) groups is 1. The van der Waals surface area contributed by atoms with Crippen LogP contribution in [0.4, 0.5) is 5.82 Å². The van der Waals surface area contributed by atoms with Crippen LogP contribution >= 0.6 is 23.2 Å². The molecule has 0 aliphatic heterocycles. The van der Waals surface area contributed by atoms with Crippen LogP contribution in [0.15, 0.2) is 91.1 Å². The lowest BCUT2D eigenvalue weighted by Crippen LogP contribution is -2.14. The molecule has 1 amide bonds. The largest absolute Gasteiger partial charge is 0.305 e. The first-order valence-corrected chi connectivity index (χ1v) is 10.4. The van der Waals surface area contributed by atoms with Crippen LogP contribution < -0.4 is 5.32 Å². The highest BCUT2D eigenvalue weighted by atomic mass is 35.5. The predicted octanol–water partition coefficient (Wildman–Crippen LogP) is 6.42. The van der Waals surface area contributed by atoms with Gasteiger partial charge in [0.15, 0.2) is 5.82 Å². The summed E-state index contributed by atoms with van der Waals surface area (Å²) < 4.78 is 1.72. The van der Waals surface area contributed by atoms with E-state index in [1.165, 1.54) is 0 Å². The quantitative estimate of drug-likeness (QED) is 0.273. The third-order valence-electron chi connectivity index (χ3n) is 4.67. The van der Waals surface area contributed by atoms with Crippen LogP contribution in [0.2, 0.25) is 10.0 Å². The summed E-state index contributed by atoms with van der Waals surface area (Å²) in [6, 6.07) is 26.4. The minimum absolute atomic E-state index is 0.232. The second-order valence-corrected chi connectivity index (χ2v) is 7.77. The van der Waals surface area contributed by atoms with Gasteiger partial charge in [-0.25, -0.2) is 0 Å². The van der Waals surface area contributed by atoms with Gasteiger partial charge in [0, 0.05) is 27.9 Å². The van der Waals surface area contributed by atoms with Crippen LogP contribution in [0, 0.1) is 0 Å². The Kier molecular flexibility index (Phi) is 6.51. The summed E-state index contributed by atoms with van der Waals surface area (Å²) in [5.74, 6) is 0.231. The van der Waals surface area contributed by atoms with Crippen molar-refractivity contribution in [1.82, 2.24) is 9.78 Å². The molecule has 6 heteroatoms. The average Bonchev–Trinajstić information content (AvgIpc) is 3.22. The molecule has 4 aromatic rings. The third-order valence-corrected chi connectivity index (χ3v) is 5.26. The van der Waals surface area contributed by atoms with Gasteiger partial charge in [-0.15, -0.1) is 0 Å². The number of carbonyl (C=O) groups excluding carboxylic acids is 1. The molecule has 31 heavy (non-hydrogen) atoms. The van der Waals surface area contributed by atoms with Crippen LogP contribution in [0.25, 0.3) is 11.6 Å². The van der Waals surface area contributed by atoms with Crippen molar-refractivity contribution in [2.45, 2.75) is 6.54 Å². The number of hydrogen-bond acceptors (Lipinski definition) is 2. The van der Waals surface area contributed by atoms with Crippen molar-refractivity contribution in [2.24, 2.45) is 0 Å². The standard InChI is InChI=1S/C25H19Cl2N3O/c26-21-12-11-20(23(27)16-21)17-30-14-13-24(29-30)28-25(31)22(19-9-5-2-6-10-19)15-18-7-3-1-4-8-18/h1-16H,17H2,(H,28,29,31)/b22-15-. The fraction of sp³-hybridized carbons (Fsp3) is 0.0400. The minimum atomic E-state index is -0.232. The van der Waals surface area contributed by atoms with Crippen molar-refractivity contribution in [3.05, 3.63) is 118 Å². The highest BCUT2D eigenvalue weighted by Crippen LogP contribution is 2.23. The van der Waals surface area contributed by atoms with Crippen LogP contribution in [-0.4, -0.2) is 15.7 Å². The van der Waals surface area contributed by atoms with E-state index in [0.717, 1.165) is 16.7 Å². The monoisotopic (exact) mass is 447 g/mol. The van der Waals surface area contributed by atoms with Crippen molar-refractivity contribution in [1.29, 1.82) is 0 Å². The molecule has 0 radical (unpaired) electrons. The van der Waals surface area contributed by atoms with E-state index in [9.17, 15) is 4.79 Å². The molecule has 0 unspecified atom stereocenters. The molecule has 0 fully saturated rings. The summed E-state index contributed by atoms with van der Waals surface area (Å²) in [6.45, 7) is 0.470. The molecule has 0 aliphatic carbocycles. The minimum Gasteiger partial charge on any atom is -0.305 e. The summed E-state index contributed by atoms with van der Waals surface area (Å²) in [7, 11) is 0. The van der Waals surface area contributed by atoms with E-state index >= 15 is 0 Å². The Morgan fingerprint density at radius 3 is 2.35 bits per heavy atom. The zero-order valence-corrected chi connectivity index (χ0v) is 18.0. The van der Waals surface area contributed by atoms with Gasteiger partial charge >= 0.3 is 0 Å². The van der Waals surface area contributed by atoms with Gasteiger partial charge < -0.3 is 5.32 Å². The normalized spacial score (nSPS) is 11.4. The first kappa shape index (κ1) is 20.9. The van der Waals surface area contributed by atoms with E-state index in [1.807, 2.05) is 72.8 Å². The first-order chi connectivity index (χ1) is 15.1. The van der Waals surface area contributed by atoms with Crippen LogP contribution in [-0.2, 0) is 11.3 Å². The Morgan fingerprint density at radius 2 is 1.65 bits per heavy atom. The lowest BCUT2D eigenvalue weighted by molar-refractivity contribution is -0.111. The van der Waals surface area contributed by atoms with E-state index in [4.69, 9.17) is 23.2 Å². The van der Waals surface area contributed by atoms with Gasteiger partial charge in [-0.3, -0.25) is 9.48 Å². The number of nitrogens with zero attached hydrogens (tertiary/aromatic N) is 2. The van der Waals surface area contributed by atoms with Crippen LogP contribution in [0.3, 0.4) is 0 Å². The number of anilines is 1. The maximum Gasteiger partial charge on any atom is 0.257 e. The first-order valence-electron chi connectivity index (χ1n) is 9.69. The van der Waals surface area contributed by atoms with Crippen molar-refractivity contribution < 1.29 is 4.79 Å². The van der Waals surface area contributed by atoms with Gasteiger partial charge in [0.1, 0.15) is 0 Å². The molecule has 4 rings (SSSR count). The highest BCUT2D eigenvalue weighted by molar-refractivity contribution is 6.35. The molecular weight excluding hydrogens is 429 g/mol. The number of amides is 1. The van der Waals surface area contributed by atoms with Gasteiger partial charge in [-0.2, -0.15) is 5.10 Å². The number of rotatable bonds is 6. The molecule has 3 aromatic carbocycles. The molecule has 154 valence electrons. The second kappa shape index (κ2) is 9.65. The molecule has 4 nitrogen and oxygen atoms in total. The molecule has 1 N–H and O–H groups in total. The van der Waals surface area contributed by atoms with Crippen molar-refractivity contribution >= 4 is 46.6 Å². The summed E-state index contributed by atoms with van der Waals surface area (Å²) >= 11 is 12.2. The Labute approximate surface area is 190 Å². The number of halogens is 2. The topological polar surface area (TPSA) is 46.9 Å². The van der Waals surface area contributed by atoms with Crippen molar-refractivity contribution in [3.63, 3.8) is 0 Å². The fourth-order valence-electron chi connectivity index (χ4n) is 3.14. The molecule has 0 aliphatic rings. The zero-order valence-electron chi connectivity index (χ0n) is 16.5. The SMILES string of the molecule is O=C(Nc1ccn(Cc2ccc(Cl)cc2Cl)n1)/C(=C\c1ccccc1)c1ccccc1. The second-order valence-electron chi connectivity index (χ2n) is 6.92. The molecule has 0 saturated carbocycles. The zero-order chi connectivity index (χ0) is 21.6. The maximum absolute atomic E-state index is 13.1. The lowest BCUT2D eigenvalue weighted by atomic mass is 10.0. The van der Waals surface area contributed by atoms with Gasteiger partial charge in [0.05, 0.1) is 6.54 Å². The smallest absolute Gasteiger partial charge is 0.257 e. The van der Waals surface area contributed by atoms with E-state index in [0.29, 0.717) is 28.0 Å². The fourth-order valence-corrected chi connectivity index (χ4v) is 3.61. The maximum atomic E-state index is 13.1. The van der Waals surface area contributed by atoms with E-state index < -0.39 is 0 Å². The van der Waals surface area contributed by atoms with Crippen LogP contribution in [0.1, 0.15) is 16.7 Å². The van der Waals surface area contributed by atoms with Crippen molar-refractivity contribution in [3.8, 4) is 0 Å². The van der Waals surface area contributed by atoms with E-state index in [-0.39, 0.29) is 5.91 Å². The molecule has 0 spiro atoms. The van der Waals surface area contributed by atoms with Gasteiger partial charge in [0.25, 0.3) is 5.91 Å². The molecule has 1 heterocycles. The number of benzene rings is 3. The van der Waals surface area contributed by atoms with Gasteiger partial charge in [-0.05, 0) is 34.9 Å². The molecular formula is C25H19Cl2N3O. The Bertz CT molecular complexity index is 1220. The average molecular weight is 448 g/mol. The Hall–Kier alpha value is -3.34. The van der Waals surface area contributed by atoms with E-state index in [2.05, 4.69) is 10.4 Å². The number of aromatic nitrogens is 2. The summed E-state index contributed by atoms with van der Waals surface area (Å²) in [4.78, 5) is 13.1. The molecule has 0 saturated heterocycles. The molecule has 0 atom stereocenters. The lowest BCUT2D eigenvalue weighted by Gasteiger charge is -2.09. The molecule has 1 aromatic heterocycles. The summed E-state index contributed by atoms with van der Waals surface area (Å²) in [6.07, 6.45) is 3.67. The van der Waals surface area contributed by atoms with Gasteiger partial charge in [-0.1, -0.05) is 89.9 Å².